The molecule has 0 fully saturated rings. The Morgan fingerprint density at radius 1 is 1.26 bits per heavy atom. The van der Waals surface area contributed by atoms with Crippen LogP contribution in [0.15, 0.2) is 12.3 Å². The van der Waals surface area contributed by atoms with Crippen LogP contribution in [0.2, 0.25) is 10.0 Å². The van der Waals surface area contributed by atoms with Crippen molar-refractivity contribution in [3.8, 4) is 11.5 Å². The predicted molar refractivity (Wildman–Crippen MR) is 78.9 cm³/mol. The summed E-state index contributed by atoms with van der Waals surface area (Å²) in [6.45, 7) is 4.02. The first kappa shape index (κ1) is 14.0. The highest BCUT2D eigenvalue weighted by molar-refractivity contribution is 6.35. The van der Waals surface area contributed by atoms with Gasteiger partial charge in [-0.1, -0.05) is 30.1 Å². The van der Waals surface area contributed by atoms with Crippen molar-refractivity contribution < 1.29 is 0 Å². The molecule has 6 heteroatoms. The SMILES string of the molecule is CCc1c(C)nc(-c2ncc(Cl)cc2Cl)nc1NC. The smallest absolute Gasteiger partial charge is 0.181 e. The van der Waals surface area contributed by atoms with Gasteiger partial charge in [0.15, 0.2) is 5.82 Å². The molecule has 2 rings (SSSR count). The second kappa shape index (κ2) is 5.72. The standard InChI is InChI=1S/C13H14Cl2N4/c1-4-9-7(2)18-13(19-12(9)16-3)11-10(15)5-8(14)6-17-11/h5-6H,4H2,1-3H3,(H,16,18,19). The van der Waals surface area contributed by atoms with Crippen LogP contribution in [-0.2, 0) is 6.42 Å². The Morgan fingerprint density at radius 2 is 2.00 bits per heavy atom. The number of aromatic nitrogens is 3. The lowest BCUT2D eigenvalue weighted by Gasteiger charge is -2.11. The third kappa shape index (κ3) is 2.80. The first-order chi connectivity index (χ1) is 9.06. The number of aryl methyl sites for hydroxylation is 1. The lowest BCUT2D eigenvalue weighted by molar-refractivity contribution is 0.996. The Bertz CT molecular complexity index is 614. The van der Waals surface area contributed by atoms with E-state index < -0.39 is 0 Å². The van der Waals surface area contributed by atoms with Crippen LogP contribution in [-0.4, -0.2) is 22.0 Å². The summed E-state index contributed by atoms with van der Waals surface area (Å²) < 4.78 is 0. The quantitative estimate of drug-likeness (QED) is 0.937. The molecule has 2 heterocycles. The summed E-state index contributed by atoms with van der Waals surface area (Å²) in [7, 11) is 1.83. The van der Waals surface area contributed by atoms with Gasteiger partial charge in [-0.25, -0.2) is 15.0 Å². The highest BCUT2D eigenvalue weighted by Crippen LogP contribution is 2.28. The Hall–Kier alpha value is -1.39. The first-order valence-corrected chi connectivity index (χ1v) is 6.69. The number of pyridine rings is 1. The van der Waals surface area contributed by atoms with E-state index in [1.54, 1.807) is 6.07 Å². The monoisotopic (exact) mass is 296 g/mol. The maximum Gasteiger partial charge on any atom is 0.181 e. The van der Waals surface area contributed by atoms with Crippen molar-refractivity contribution in [1.82, 2.24) is 15.0 Å². The fraction of sp³-hybridized carbons (Fsp3) is 0.308. The summed E-state index contributed by atoms with van der Waals surface area (Å²) in [6, 6.07) is 1.64. The van der Waals surface area contributed by atoms with Crippen molar-refractivity contribution in [2.24, 2.45) is 0 Å². The Labute approximate surface area is 122 Å². The third-order valence-corrected chi connectivity index (χ3v) is 3.32. The molecule has 0 atom stereocenters. The molecule has 0 saturated heterocycles. The molecule has 0 bridgehead atoms. The number of hydrogen-bond acceptors (Lipinski definition) is 4. The minimum Gasteiger partial charge on any atom is -0.373 e. The van der Waals surface area contributed by atoms with E-state index in [1.807, 2.05) is 14.0 Å². The molecule has 0 unspecified atom stereocenters. The normalized spacial score (nSPS) is 10.6. The fourth-order valence-corrected chi connectivity index (χ4v) is 2.38. The molecule has 0 aliphatic rings. The van der Waals surface area contributed by atoms with Gasteiger partial charge in [0.1, 0.15) is 11.5 Å². The van der Waals surface area contributed by atoms with Gasteiger partial charge in [0.2, 0.25) is 0 Å². The molecule has 0 saturated carbocycles. The zero-order valence-corrected chi connectivity index (χ0v) is 12.5. The van der Waals surface area contributed by atoms with Gasteiger partial charge >= 0.3 is 0 Å². The van der Waals surface area contributed by atoms with Gasteiger partial charge in [-0.05, 0) is 19.4 Å². The van der Waals surface area contributed by atoms with E-state index in [9.17, 15) is 0 Å². The number of hydrogen-bond donors (Lipinski definition) is 1. The molecule has 4 nitrogen and oxygen atoms in total. The van der Waals surface area contributed by atoms with Crippen molar-refractivity contribution in [2.75, 3.05) is 12.4 Å². The number of halogens is 2. The zero-order valence-electron chi connectivity index (χ0n) is 11.0. The molecule has 2 aromatic rings. The van der Waals surface area contributed by atoms with E-state index >= 15 is 0 Å². The molecule has 0 aliphatic carbocycles. The summed E-state index contributed by atoms with van der Waals surface area (Å²) in [5.74, 6) is 1.30. The fourth-order valence-electron chi connectivity index (χ4n) is 1.91. The van der Waals surface area contributed by atoms with Gasteiger partial charge < -0.3 is 5.32 Å². The van der Waals surface area contributed by atoms with E-state index in [0.29, 0.717) is 21.6 Å². The molecule has 0 spiro atoms. The van der Waals surface area contributed by atoms with Crippen LogP contribution >= 0.6 is 23.2 Å². The average molecular weight is 297 g/mol. The van der Waals surface area contributed by atoms with Crippen LogP contribution in [0, 0.1) is 6.92 Å². The number of anilines is 1. The second-order valence-electron chi connectivity index (χ2n) is 4.05. The summed E-state index contributed by atoms with van der Waals surface area (Å²) >= 11 is 12.0. The molecular weight excluding hydrogens is 283 g/mol. The van der Waals surface area contributed by atoms with Crippen LogP contribution < -0.4 is 5.32 Å². The topological polar surface area (TPSA) is 50.7 Å². The van der Waals surface area contributed by atoms with Gasteiger partial charge in [0.05, 0.1) is 10.0 Å². The summed E-state index contributed by atoms with van der Waals surface area (Å²) in [4.78, 5) is 13.1. The van der Waals surface area contributed by atoms with Crippen LogP contribution in [0.25, 0.3) is 11.5 Å². The van der Waals surface area contributed by atoms with Crippen molar-refractivity contribution >= 4 is 29.0 Å². The first-order valence-electron chi connectivity index (χ1n) is 5.93. The molecular formula is C13H14Cl2N4. The average Bonchev–Trinajstić information content (AvgIpc) is 2.37. The van der Waals surface area contributed by atoms with Gasteiger partial charge in [0, 0.05) is 24.5 Å². The molecule has 2 aromatic heterocycles. The van der Waals surface area contributed by atoms with Crippen molar-refractivity contribution in [1.29, 1.82) is 0 Å². The Kier molecular flexibility index (Phi) is 4.22. The van der Waals surface area contributed by atoms with E-state index in [-0.39, 0.29) is 0 Å². The minimum absolute atomic E-state index is 0.443. The van der Waals surface area contributed by atoms with E-state index in [2.05, 4.69) is 27.2 Å². The summed E-state index contributed by atoms with van der Waals surface area (Å²) in [5.41, 5.74) is 2.55. The third-order valence-electron chi connectivity index (χ3n) is 2.82. The lowest BCUT2D eigenvalue weighted by atomic mass is 10.1. The van der Waals surface area contributed by atoms with Crippen LogP contribution in [0.1, 0.15) is 18.2 Å². The van der Waals surface area contributed by atoms with E-state index in [0.717, 1.165) is 23.5 Å². The predicted octanol–water partition coefficient (Wildman–Crippen LogP) is 3.76. The molecule has 19 heavy (non-hydrogen) atoms. The highest BCUT2D eigenvalue weighted by atomic mass is 35.5. The van der Waals surface area contributed by atoms with Crippen LogP contribution in [0.4, 0.5) is 5.82 Å². The van der Waals surface area contributed by atoms with Gasteiger partial charge in [0.25, 0.3) is 0 Å². The summed E-state index contributed by atoms with van der Waals surface area (Å²) in [6.07, 6.45) is 2.40. The second-order valence-corrected chi connectivity index (χ2v) is 4.89. The number of nitrogens with one attached hydrogen (secondary N) is 1. The number of nitrogens with zero attached hydrogens (tertiary/aromatic N) is 3. The lowest BCUT2D eigenvalue weighted by Crippen LogP contribution is -2.05. The Morgan fingerprint density at radius 3 is 2.58 bits per heavy atom. The van der Waals surface area contributed by atoms with Crippen LogP contribution in [0.3, 0.4) is 0 Å². The maximum atomic E-state index is 6.14. The minimum atomic E-state index is 0.443. The molecule has 0 radical (unpaired) electrons. The Balaban J connectivity index is 2.60. The van der Waals surface area contributed by atoms with E-state index in [4.69, 9.17) is 23.2 Å². The summed E-state index contributed by atoms with van der Waals surface area (Å²) in [5, 5.41) is 4.01. The van der Waals surface area contributed by atoms with E-state index in [1.165, 1.54) is 6.20 Å². The van der Waals surface area contributed by atoms with Crippen LogP contribution in [0.5, 0.6) is 0 Å². The molecule has 0 amide bonds. The zero-order chi connectivity index (χ0) is 14.0. The number of rotatable bonds is 3. The highest BCUT2D eigenvalue weighted by Gasteiger charge is 2.14. The molecule has 1 N–H and O–H groups in total. The van der Waals surface area contributed by atoms with Gasteiger partial charge in [-0.3, -0.25) is 0 Å². The van der Waals surface area contributed by atoms with Crippen molar-refractivity contribution in [3.05, 3.63) is 33.6 Å². The maximum absolute atomic E-state index is 6.14. The molecule has 0 aliphatic heterocycles. The van der Waals surface area contributed by atoms with Gasteiger partial charge in [-0.15, -0.1) is 0 Å². The van der Waals surface area contributed by atoms with Gasteiger partial charge in [-0.2, -0.15) is 0 Å². The molecule has 100 valence electrons. The van der Waals surface area contributed by atoms with Crippen molar-refractivity contribution in [3.63, 3.8) is 0 Å². The van der Waals surface area contributed by atoms with Crippen molar-refractivity contribution in [2.45, 2.75) is 20.3 Å². The largest absolute Gasteiger partial charge is 0.373 e. The molecule has 0 aromatic carbocycles.